The predicted octanol–water partition coefficient (Wildman–Crippen LogP) is 2.51. The standard InChI is InChI=1S/C23H21ClFN5O3/c24-19-9-4-16(14-27-19)22(32)28-21(15-10-11-26-13-15)23(33)30(25)18-7-5-17(6-8-18)29-12-2-1-3-20(29)31/h1-9,12,14-15,21,26H,10-11,13H2,(H,28,32)/t15?,21-/m1/s1. The number of nitrogens with one attached hydrogen (secondary N) is 2. The van der Waals surface area contributed by atoms with E-state index in [2.05, 4.69) is 15.6 Å². The summed E-state index contributed by atoms with van der Waals surface area (Å²) in [6.45, 7) is 1.14. The van der Waals surface area contributed by atoms with Crippen LogP contribution in [0.1, 0.15) is 16.8 Å². The third-order valence-electron chi connectivity index (χ3n) is 5.48. The minimum atomic E-state index is -1.08. The fourth-order valence-corrected chi connectivity index (χ4v) is 3.82. The van der Waals surface area contributed by atoms with Crippen LogP contribution >= 0.6 is 11.6 Å². The molecule has 1 unspecified atom stereocenters. The van der Waals surface area contributed by atoms with Crippen molar-refractivity contribution in [2.75, 3.05) is 18.2 Å². The van der Waals surface area contributed by atoms with Gasteiger partial charge in [-0.15, -0.1) is 5.12 Å². The molecule has 170 valence electrons. The van der Waals surface area contributed by atoms with Crippen LogP contribution in [0.3, 0.4) is 0 Å². The van der Waals surface area contributed by atoms with Crippen molar-refractivity contribution in [3.63, 3.8) is 0 Å². The van der Waals surface area contributed by atoms with E-state index in [1.807, 2.05) is 0 Å². The van der Waals surface area contributed by atoms with Crippen LogP contribution in [-0.4, -0.2) is 40.5 Å². The summed E-state index contributed by atoms with van der Waals surface area (Å²) in [4.78, 5) is 41.6. The summed E-state index contributed by atoms with van der Waals surface area (Å²) >= 11 is 5.76. The fraction of sp³-hybridized carbons (Fsp3) is 0.217. The maximum absolute atomic E-state index is 15.2. The zero-order valence-corrected chi connectivity index (χ0v) is 18.2. The van der Waals surface area contributed by atoms with Crippen LogP contribution in [0.15, 0.2) is 71.8 Å². The van der Waals surface area contributed by atoms with Gasteiger partial charge >= 0.3 is 0 Å². The SMILES string of the molecule is O=C(N[C@@H](C(=O)N(F)c1ccc(-n2ccccc2=O)cc1)C1CCNC1)c1ccc(Cl)nc1. The minimum absolute atomic E-state index is 0.00825. The van der Waals surface area contributed by atoms with Gasteiger partial charge < -0.3 is 10.6 Å². The molecule has 0 radical (unpaired) electrons. The Hall–Kier alpha value is -3.56. The monoisotopic (exact) mass is 469 g/mol. The molecule has 0 spiro atoms. The third kappa shape index (κ3) is 5.10. The lowest BCUT2D eigenvalue weighted by Gasteiger charge is -2.25. The van der Waals surface area contributed by atoms with E-state index in [1.54, 1.807) is 30.5 Å². The van der Waals surface area contributed by atoms with Gasteiger partial charge in [0.1, 0.15) is 11.2 Å². The summed E-state index contributed by atoms with van der Waals surface area (Å²) in [5.41, 5.74) is 0.509. The molecule has 0 saturated carbocycles. The van der Waals surface area contributed by atoms with Crippen molar-refractivity contribution in [1.82, 2.24) is 20.2 Å². The van der Waals surface area contributed by atoms with Crippen LogP contribution < -0.4 is 21.3 Å². The molecule has 2 amide bonds. The van der Waals surface area contributed by atoms with Crippen molar-refractivity contribution in [1.29, 1.82) is 0 Å². The molecular weight excluding hydrogens is 449 g/mol. The first-order valence-corrected chi connectivity index (χ1v) is 10.7. The average Bonchev–Trinajstić information content (AvgIpc) is 3.37. The number of pyridine rings is 2. The number of hydrogen-bond donors (Lipinski definition) is 2. The fourth-order valence-electron chi connectivity index (χ4n) is 3.71. The summed E-state index contributed by atoms with van der Waals surface area (Å²) in [6.07, 6.45) is 3.50. The summed E-state index contributed by atoms with van der Waals surface area (Å²) in [5.74, 6) is -1.71. The van der Waals surface area contributed by atoms with E-state index in [-0.39, 0.29) is 33.0 Å². The molecule has 3 aromatic rings. The van der Waals surface area contributed by atoms with E-state index in [1.165, 1.54) is 41.1 Å². The first-order valence-electron chi connectivity index (χ1n) is 10.3. The summed E-state index contributed by atoms with van der Waals surface area (Å²) in [6, 6.07) is 12.5. The summed E-state index contributed by atoms with van der Waals surface area (Å²) in [7, 11) is 0. The maximum atomic E-state index is 15.2. The van der Waals surface area contributed by atoms with E-state index < -0.39 is 17.9 Å². The van der Waals surface area contributed by atoms with E-state index in [0.717, 1.165) is 0 Å². The van der Waals surface area contributed by atoms with Crippen LogP contribution in [0, 0.1) is 5.92 Å². The number of aromatic nitrogens is 2. The highest BCUT2D eigenvalue weighted by Crippen LogP contribution is 2.22. The van der Waals surface area contributed by atoms with Crippen molar-refractivity contribution >= 4 is 29.1 Å². The first kappa shape index (κ1) is 22.6. The van der Waals surface area contributed by atoms with Crippen molar-refractivity contribution in [2.45, 2.75) is 12.5 Å². The van der Waals surface area contributed by atoms with Gasteiger partial charge in [-0.2, -0.15) is 0 Å². The van der Waals surface area contributed by atoms with Gasteiger partial charge in [0.25, 0.3) is 17.4 Å². The number of rotatable bonds is 6. The van der Waals surface area contributed by atoms with Gasteiger partial charge in [0.2, 0.25) is 0 Å². The average molecular weight is 470 g/mol. The normalized spacial score (nSPS) is 16.2. The Kier molecular flexibility index (Phi) is 6.81. The number of hydrogen-bond acceptors (Lipinski definition) is 5. The van der Waals surface area contributed by atoms with E-state index in [4.69, 9.17) is 11.6 Å². The molecule has 3 heterocycles. The maximum Gasteiger partial charge on any atom is 0.277 e. The largest absolute Gasteiger partial charge is 0.340 e. The lowest BCUT2D eigenvalue weighted by molar-refractivity contribution is -0.124. The number of amides is 2. The first-order chi connectivity index (χ1) is 15.9. The number of halogens is 2. The molecule has 2 atom stereocenters. The number of carbonyl (C=O) groups is 2. The molecule has 33 heavy (non-hydrogen) atoms. The second-order valence-corrected chi connectivity index (χ2v) is 8.01. The van der Waals surface area contributed by atoms with E-state index >= 15 is 4.48 Å². The topological polar surface area (TPSA) is 96.3 Å². The Morgan fingerprint density at radius 2 is 1.97 bits per heavy atom. The number of anilines is 1. The molecule has 1 fully saturated rings. The van der Waals surface area contributed by atoms with Gasteiger partial charge in [-0.25, -0.2) is 4.98 Å². The lowest BCUT2D eigenvalue weighted by Crippen LogP contribution is -2.51. The minimum Gasteiger partial charge on any atom is -0.340 e. The van der Waals surface area contributed by atoms with Gasteiger partial charge in [-0.3, -0.25) is 19.0 Å². The summed E-state index contributed by atoms with van der Waals surface area (Å²) < 4.78 is 16.6. The molecule has 1 aromatic carbocycles. The highest BCUT2D eigenvalue weighted by molar-refractivity contribution is 6.29. The highest BCUT2D eigenvalue weighted by Gasteiger charge is 2.36. The van der Waals surface area contributed by atoms with Crippen molar-refractivity contribution < 1.29 is 14.1 Å². The van der Waals surface area contributed by atoms with Crippen LogP contribution in [0.25, 0.3) is 5.69 Å². The molecule has 1 aliphatic rings. The Labute approximate surface area is 193 Å². The van der Waals surface area contributed by atoms with Gasteiger partial charge in [0.15, 0.2) is 0 Å². The molecule has 0 aliphatic carbocycles. The van der Waals surface area contributed by atoms with Gasteiger partial charge in [-0.1, -0.05) is 22.1 Å². The zero-order chi connectivity index (χ0) is 23.4. The predicted molar refractivity (Wildman–Crippen MR) is 122 cm³/mol. The molecule has 2 N–H and O–H groups in total. The van der Waals surface area contributed by atoms with Gasteiger partial charge in [0.05, 0.1) is 11.3 Å². The highest BCUT2D eigenvalue weighted by atomic mass is 35.5. The van der Waals surface area contributed by atoms with Crippen LogP contribution in [0.4, 0.5) is 10.2 Å². The van der Waals surface area contributed by atoms with Crippen LogP contribution in [0.2, 0.25) is 5.15 Å². The Bertz CT molecular complexity index is 1190. The molecule has 1 aliphatic heterocycles. The molecule has 10 heteroatoms. The van der Waals surface area contributed by atoms with Crippen LogP contribution in [-0.2, 0) is 4.79 Å². The molecule has 4 rings (SSSR count). The molecular formula is C23H21ClFN5O3. The Balaban J connectivity index is 1.54. The molecule has 8 nitrogen and oxygen atoms in total. The number of benzene rings is 1. The Morgan fingerprint density at radius 1 is 1.18 bits per heavy atom. The smallest absolute Gasteiger partial charge is 0.277 e. The van der Waals surface area contributed by atoms with E-state index in [0.29, 0.717) is 25.2 Å². The summed E-state index contributed by atoms with van der Waals surface area (Å²) in [5, 5.41) is 6.04. The lowest BCUT2D eigenvalue weighted by atomic mass is 9.97. The molecule has 2 aromatic heterocycles. The second kappa shape index (κ2) is 9.93. The Morgan fingerprint density at radius 3 is 2.61 bits per heavy atom. The molecule has 0 bridgehead atoms. The molecule has 1 saturated heterocycles. The van der Waals surface area contributed by atoms with Crippen molar-refractivity contribution in [3.8, 4) is 5.69 Å². The van der Waals surface area contributed by atoms with Crippen LogP contribution in [0.5, 0.6) is 0 Å². The van der Waals surface area contributed by atoms with Crippen molar-refractivity contribution in [3.05, 3.63) is 88.1 Å². The quantitative estimate of drug-likeness (QED) is 0.427. The number of nitrogens with zero attached hydrogens (tertiary/aromatic N) is 3. The van der Waals surface area contributed by atoms with Gasteiger partial charge in [0, 0.05) is 36.6 Å². The third-order valence-corrected chi connectivity index (χ3v) is 5.71. The second-order valence-electron chi connectivity index (χ2n) is 7.62. The number of carbonyl (C=O) groups excluding carboxylic acids is 2. The zero-order valence-electron chi connectivity index (χ0n) is 17.4. The van der Waals surface area contributed by atoms with E-state index in [9.17, 15) is 14.4 Å². The van der Waals surface area contributed by atoms with Gasteiger partial charge in [-0.05, 0) is 55.4 Å². The van der Waals surface area contributed by atoms with Crippen molar-refractivity contribution in [2.24, 2.45) is 5.92 Å².